The van der Waals surface area contributed by atoms with Crippen molar-refractivity contribution in [2.75, 3.05) is 0 Å². The van der Waals surface area contributed by atoms with E-state index in [0.29, 0.717) is 12.8 Å². The summed E-state index contributed by atoms with van der Waals surface area (Å²) in [6.07, 6.45) is -2.33. The molecule has 2 heterocycles. The third kappa shape index (κ3) is 0.915. The Hall–Kier alpha value is -0.200. The number of aliphatic hydroxyl groups is 4. The minimum absolute atomic E-state index is 0.173. The van der Waals surface area contributed by atoms with Gasteiger partial charge < -0.3 is 25.7 Å². The van der Waals surface area contributed by atoms with Crippen molar-refractivity contribution >= 4 is 0 Å². The van der Waals surface area contributed by atoms with Crippen LogP contribution in [0, 0.1) is 0 Å². The van der Waals surface area contributed by atoms with Crippen LogP contribution in [-0.4, -0.2) is 50.5 Å². The second kappa shape index (κ2) is 2.40. The van der Waals surface area contributed by atoms with Gasteiger partial charge in [-0.1, -0.05) is 0 Å². The first kappa shape index (κ1) is 8.40. The molecule has 5 nitrogen and oxygen atoms in total. The average Bonchev–Trinajstić information content (AvgIpc) is 2.41. The zero-order chi connectivity index (χ0) is 8.93. The molecule has 0 aromatic rings. The molecule has 0 aliphatic carbocycles. The lowest BCUT2D eigenvalue weighted by atomic mass is 9.94. The Morgan fingerprint density at radius 2 is 1.83 bits per heavy atom. The molecule has 0 radical (unpaired) electrons. The van der Waals surface area contributed by atoms with Crippen molar-refractivity contribution in [3.63, 3.8) is 0 Å². The maximum absolute atomic E-state index is 9.70. The molecule has 6 N–H and O–H groups in total. The SMILES string of the molecule is O[C@@H]1[C@@H](O)[C@H](O)[C@]2(O)CC[C@H]1[NH2+]2. The summed E-state index contributed by atoms with van der Waals surface area (Å²) in [5.41, 5.74) is -1.27. The summed E-state index contributed by atoms with van der Waals surface area (Å²) in [5.74, 6) is 0. The second-order valence-electron chi connectivity index (χ2n) is 3.79. The smallest absolute Gasteiger partial charge is 0.227 e. The molecule has 0 aromatic heterocycles. The van der Waals surface area contributed by atoms with E-state index in [0.717, 1.165) is 0 Å². The maximum Gasteiger partial charge on any atom is 0.227 e. The van der Waals surface area contributed by atoms with Gasteiger partial charge >= 0.3 is 0 Å². The van der Waals surface area contributed by atoms with Gasteiger partial charge in [0.25, 0.3) is 0 Å². The first-order chi connectivity index (χ1) is 5.54. The number of quaternary nitrogens is 1. The lowest BCUT2D eigenvalue weighted by Gasteiger charge is -2.37. The minimum atomic E-state index is -1.27. The Bertz CT molecular complexity index is 200. The van der Waals surface area contributed by atoms with Gasteiger partial charge in [0.05, 0.1) is 0 Å². The molecule has 2 bridgehead atoms. The van der Waals surface area contributed by atoms with Gasteiger partial charge in [-0.2, -0.15) is 0 Å². The van der Waals surface area contributed by atoms with Crippen LogP contribution in [0.4, 0.5) is 0 Å². The van der Waals surface area contributed by atoms with Gasteiger partial charge in [0.1, 0.15) is 18.2 Å². The summed E-state index contributed by atoms with van der Waals surface area (Å²) in [6, 6.07) is -0.173. The molecule has 70 valence electrons. The van der Waals surface area contributed by atoms with Gasteiger partial charge in [0, 0.05) is 12.8 Å². The number of piperidine rings is 1. The molecular formula is C7H14NO4+. The van der Waals surface area contributed by atoms with E-state index in [1.165, 1.54) is 0 Å². The zero-order valence-corrected chi connectivity index (χ0v) is 6.59. The molecule has 0 aromatic carbocycles. The Balaban J connectivity index is 2.25. The summed E-state index contributed by atoms with van der Waals surface area (Å²) >= 11 is 0. The number of rotatable bonds is 0. The first-order valence-corrected chi connectivity index (χ1v) is 4.17. The van der Waals surface area contributed by atoms with Crippen LogP contribution >= 0.6 is 0 Å². The van der Waals surface area contributed by atoms with E-state index in [1.54, 1.807) is 5.32 Å². The van der Waals surface area contributed by atoms with E-state index in [4.69, 9.17) is 0 Å². The number of nitrogens with two attached hydrogens (primary N) is 1. The summed E-state index contributed by atoms with van der Waals surface area (Å²) in [6.45, 7) is 0. The van der Waals surface area contributed by atoms with Crippen LogP contribution in [0.25, 0.3) is 0 Å². The van der Waals surface area contributed by atoms with Crippen LogP contribution in [0.15, 0.2) is 0 Å². The van der Waals surface area contributed by atoms with Gasteiger partial charge in [-0.25, -0.2) is 0 Å². The highest BCUT2D eigenvalue weighted by Gasteiger charge is 2.59. The van der Waals surface area contributed by atoms with E-state index in [2.05, 4.69) is 0 Å². The Morgan fingerprint density at radius 1 is 1.17 bits per heavy atom. The number of fused-ring (bicyclic) bond motifs is 2. The molecule has 2 saturated heterocycles. The maximum atomic E-state index is 9.70. The Kier molecular flexibility index (Phi) is 1.68. The van der Waals surface area contributed by atoms with Crippen LogP contribution in [0.3, 0.4) is 0 Å². The molecule has 0 amide bonds. The topological polar surface area (TPSA) is 97.5 Å². The monoisotopic (exact) mass is 176 g/mol. The highest BCUT2D eigenvalue weighted by molar-refractivity contribution is 4.97. The number of hydrogen-bond acceptors (Lipinski definition) is 4. The normalized spacial score (nSPS) is 59.0. The Labute approximate surface area is 69.6 Å². The molecule has 5 heteroatoms. The van der Waals surface area contributed by atoms with Crippen molar-refractivity contribution in [1.29, 1.82) is 0 Å². The molecule has 2 fully saturated rings. The first-order valence-electron chi connectivity index (χ1n) is 4.17. The molecule has 2 aliphatic heterocycles. The van der Waals surface area contributed by atoms with Crippen LogP contribution in [-0.2, 0) is 0 Å². The van der Waals surface area contributed by atoms with Crippen molar-refractivity contribution in [3.05, 3.63) is 0 Å². The van der Waals surface area contributed by atoms with Crippen LogP contribution in [0.5, 0.6) is 0 Å². The van der Waals surface area contributed by atoms with Crippen molar-refractivity contribution < 1.29 is 25.7 Å². The summed E-state index contributed by atoms with van der Waals surface area (Å²) < 4.78 is 0. The van der Waals surface area contributed by atoms with Crippen molar-refractivity contribution in [2.24, 2.45) is 0 Å². The van der Waals surface area contributed by atoms with Crippen molar-refractivity contribution in [2.45, 2.75) is 42.9 Å². The summed E-state index contributed by atoms with van der Waals surface area (Å²) in [7, 11) is 0. The molecule has 0 spiro atoms. The molecular weight excluding hydrogens is 162 g/mol. The standard InChI is InChI=1S/C7H13NO4/c9-4-3-1-2-7(12,8-3)6(11)5(4)10/h3-6,8-12H,1-2H2/p+1/t3-,4+,5-,6+,7-/m1/s1. The highest BCUT2D eigenvalue weighted by atomic mass is 16.4. The Morgan fingerprint density at radius 3 is 2.50 bits per heavy atom. The third-order valence-electron chi connectivity index (χ3n) is 3.01. The van der Waals surface area contributed by atoms with E-state index in [-0.39, 0.29) is 6.04 Å². The molecule has 5 atom stereocenters. The average molecular weight is 176 g/mol. The fraction of sp³-hybridized carbons (Fsp3) is 1.00. The molecule has 0 saturated carbocycles. The predicted octanol–water partition coefficient (Wildman–Crippen LogP) is -3.50. The fourth-order valence-corrected chi connectivity index (χ4v) is 2.19. The number of aliphatic hydroxyl groups excluding tert-OH is 3. The largest absolute Gasteiger partial charge is 0.387 e. The van der Waals surface area contributed by atoms with E-state index in [1.807, 2.05) is 0 Å². The third-order valence-corrected chi connectivity index (χ3v) is 3.01. The van der Waals surface area contributed by atoms with Gasteiger partial charge in [-0.3, -0.25) is 0 Å². The van der Waals surface area contributed by atoms with Crippen LogP contribution < -0.4 is 5.32 Å². The van der Waals surface area contributed by atoms with E-state index in [9.17, 15) is 20.4 Å². The van der Waals surface area contributed by atoms with Gasteiger partial charge in [0.15, 0.2) is 6.10 Å². The van der Waals surface area contributed by atoms with E-state index < -0.39 is 24.0 Å². The molecule has 2 aliphatic rings. The van der Waals surface area contributed by atoms with E-state index >= 15 is 0 Å². The molecule has 12 heavy (non-hydrogen) atoms. The lowest BCUT2D eigenvalue weighted by molar-refractivity contribution is -0.798. The molecule has 0 unspecified atom stereocenters. The highest BCUT2D eigenvalue weighted by Crippen LogP contribution is 2.28. The van der Waals surface area contributed by atoms with Crippen LogP contribution in [0.1, 0.15) is 12.8 Å². The minimum Gasteiger partial charge on any atom is -0.387 e. The summed E-state index contributed by atoms with van der Waals surface area (Å²) in [5, 5.41) is 39.4. The fourth-order valence-electron chi connectivity index (χ4n) is 2.19. The van der Waals surface area contributed by atoms with Gasteiger partial charge in [0.2, 0.25) is 5.72 Å². The van der Waals surface area contributed by atoms with Gasteiger partial charge in [-0.15, -0.1) is 0 Å². The lowest BCUT2D eigenvalue weighted by Crippen LogP contribution is -3.05. The van der Waals surface area contributed by atoms with Gasteiger partial charge in [-0.05, 0) is 0 Å². The van der Waals surface area contributed by atoms with Crippen molar-refractivity contribution in [1.82, 2.24) is 0 Å². The predicted molar refractivity (Wildman–Crippen MR) is 37.9 cm³/mol. The zero-order valence-electron chi connectivity index (χ0n) is 6.59. The molecule has 2 rings (SSSR count). The van der Waals surface area contributed by atoms with Crippen molar-refractivity contribution in [3.8, 4) is 0 Å². The quantitative estimate of drug-likeness (QED) is 0.264. The summed E-state index contributed by atoms with van der Waals surface area (Å²) in [4.78, 5) is 0. The second-order valence-corrected chi connectivity index (χ2v) is 3.79. The number of hydrogen-bond donors (Lipinski definition) is 5. The van der Waals surface area contributed by atoms with Crippen LogP contribution in [0.2, 0.25) is 0 Å².